The number of carbonyl (C=O) groups is 1. The van der Waals surface area contributed by atoms with Crippen LogP contribution in [0.3, 0.4) is 0 Å². The number of hydrogen-bond donors (Lipinski definition) is 0. The summed E-state index contributed by atoms with van der Waals surface area (Å²) in [6.07, 6.45) is 0. The van der Waals surface area contributed by atoms with Gasteiger partial charge in [0.2, 0.25) is 5.82 Å². The van der Waals surface area contributed by atoms with Crippen molar-refractivity contribution in [2.75, 3.05) is 6.61 Å². The Bertz CT molecular complexity index is 455. The first-order valence-electron chi connectivity index (χ1n) is 5.18. The van der Waals surface area contributed by atoms with Gasteiger partial charge in [-0.05, 0) is 32.9 Å². The first-order valence-corrected chi connectivity index (χ1v) is 5.97. The molecule has 1 aromatic rings. The summed E-state index contributed by atoms with van der Waals surface area (Å²) in [5.74, 6) is -3.18. The van der Waals surface area contributed by atoms with E-state index in [1.807, 2.05) is 0 Å². The van der Waals surface area contributed by atoms with Gasteiger partial charge < -0.3 is 9.47 Å². The van der Waals surface area contributed by atoms with Gasteiger partial charge in [-0.3, -0.25) is 0 Å². The molecule has 6 heteroatoms. The molecule has 0 unspecified atom stereocenters. The Morgan fingerprint density at radius 2 is 1.94 bits per heavy atom. The highest BCUT2D eigenvalue weighted by molar-refractivity contribution is 9.10. The van der Waals surface area contributed by atoms with Gasteiger partial charge in [-0.25, -0.2) is 9.18 Å². The molecular formula is C12H13BrF2O3. The maximum Gasteiger partial charge on any atom is 0.344 e. The fourth-order valence-electron chi connectivity index (χ4n) is 1.15. The highest BCUT2D eigenvalue weighted by Crippen LogP contribution is 2.25. The Labute approximate surface area is 112 Å². The summed E-state index contributed by atoms with van der Waals surface area (Å²) in [7, 11) is 0. The van der Waals surface area contributed by atoms with Crippen LogP contribution in [-0.2, 0) is 9.53 Å². The lowest BCUT2D eigenvalue weighted by Crippen LogP contribution is -2.27. The van der Waals surface area contributed by atoms with Gasteiger partial charge in [0.25, 0.3) is 0 Å². The number of hydrogen-bond acceptors (Lipinski definition) is 3. The lowest BCUT2D eigenvalue weighted by molar-refractivity contribution is -0.157. The lowest BCUT2D eigenvalue weighted by Gasteiger charge is -2.19. The third kappa shape index (κ3) is 4.60. The molecule has 0 N–H and O–H groups in total. The number of esters is 1. The molecule has 0 saturated carbocycles. The predicted molar refractivity (Wildman–Crippen MR) is 65.4 cm³/mol. The summed E-state index contributed by atoms with van der Waals surface area (Å²) in [6, 6.07) is 2.21. The van der Waals surface area contributed by atoms with Crippen molar-refractivity contribution in [1.82, 2.24) is 0 Å². The molecule has 0 aliphatic carbocycles. The van der Waals surface area contributed by atoms with E-state index in [-0.39, 0.29) is 5.75 Å². The van der Waals surface area contributed by atoms with Crippen molar-refractivity contribution in [3.63, 3.8) is 0 Å². The number of rotatable bonds is 3. The van der Waals surface area contributed by atoms with Gasteiger partial charge in [-0.2, -0.15) is 4.39 Å². The molecule has 0 amide bonds. The van der Waals surface area contributed by atoms with Crippen LogP contribution in [0.15, 0.2) is 16.6 Å². The average Bonchev–Trinajstić information content (AvgIpc) is 2.18. The molecule has 18 heavy (non-hydrogen) atoms. The zero-order chi connectivity index (χ0) is 13.9. The molecule has 0 radical (unpaired) electrons. The number of ether oxygens (including phenoxy) is 2. The van der Waals surface area contributed by atoms with Crippen molar-refractivity contribution < 1.29 is 23.0 Å². The molecule has 0 saturated heterocycles. The van der Waals surface area contributed by atoms with Gasteiger partial charge in [0, 0.05) is 4.47 Å². The molecule has 3 nitrogen and oxygen atoms in total. The summed E-state index contributed by atoms with van der Waals surface area (Å²) in [5.41, 5.74) is -0.651. The largest absolute Gasteiger partial charge is 0.479 e. The molecule has 0 heterocycles. The number of benzene rings is 1. The summed E-state index contributed by atoms with van der Waals surface area (Å²) >= 11 is 3.00. The van der Waals surface area contributed by atoms with E-state index in [9.17, 15) is 13.6 Å². The van der Waals surface area contributed by atoms with Gasteiger partial charge >= 0.3 is 5.97 Å². The van der Waals surface area contributed by atoms with Crippen molar-refractivity contribution in [3.05, 3.63) is 28.2 Å². The standard InChI is InChI=1S/C12H13BrF2O3/c1-12(2,3)18-10(16)6-17-9-5-7(13)4-8(14)11(9)15/h4-5H,6H2,1-3H3. The van der Waals surface area contributed by atoms with Crippen molar-refractivity contribution >= 4 is 21.9 Å². The average molecular weight is 323 g/mol. The fraction of sp³-hybridized carbons (Fsp3) is 0.417. The van der Waals surface area contributed by atoms with Crippen LogP contribution in [0.1, 0.15) is 20.8 Å². The fourth-order valence-corrected chi connectivity index (χ4v) is 1.55. The van der Waals surface area contributed by atoms with Crippen LogP contribution in [0.25, 0.3) is 0 Å². The van der Waals surface area contributed by atoms with Gasteiger partial charge in [0.1, 0.15) is 5.60 Å². The Hall–Kier alpha value is -1.17. The maximum atomic E-state index is 13.3. The van der Waals surface area contributed by atoms with E-state index in [0.717, 1.165) is 6.07 Å². The SMILES string of the molecule is CC(C)(C)OC(=O)COc1cc(Br)cc(F)c1F. The third-order valence-corrected chi connectivity index (χ3v) is 2.18. The van der Waals surface area contributed by atoms with Crippen molar-refractivity contribution in [1.29, 1.82) is 0 Å². The topological polar surface area (TPSA) is 35.5 Å². The molecule has 0 spiro atoms. The molecular weight excluding hydrogens is 310 g/mol. The van der Waals surface area contributed by atoms with E-state index in [4.69, 9.17) is 9.47 Å². The van der Waals surface area contributed by atoms with Crippen LogP contribution in [-0.4, -0.2) is 18.2 Å². The molecule has 0 aliphatic rings. The molecule has 0 aromatic heterocycles. The second-order valence-corrected chi connectivity index (χ2v) is 5.49. The smallest absolute Gasteiger partial charge is 0.344 e. The zero-order valence-corrected chi connectivity index (χ0v) is 11.8. The number of halogens is 3. The molecule has 0 bridgehead atoms. The second-order valence-electron chi connectivity index (χ2n) is 4.57. The van der Waals surface area contributed by atoms with Crippen molar-refractivity contribution in [2.24, 2.45) is 0 Å². The van der Waals surface area contributed by atoms with Crippen LogP contribution < -0.4 is 4.74 Å². The maximum absolute atomic E-state index is 13.3. The van der Waals surface area contributed by atoms with E-state index in [1.54, 1.807) is 20.8 Å². The predicted octanol–water partition coefficient (Wildman–Crippen LogP) is 3.45. The Balaban J connectivity index is 2.67. The van der Waals surface area contributed by atoms with Gasteiger partial charge in [-0.1, -0.05) is 15.9 Å². The van der Waals surface area contributed by atoms with E-state index < -0.39 is 29.8 Å². The molecule has 0 aliphatic heterocycles. The summed E-state index contributed by atoms with van der Waals surface area (Å²) in [6.45, 7) is 4.61. The second kappa shape index (κ2) is 5.65. The van der Waals surface area contributed by atoms with Crippen LogP contribution >= 0.6 is 15.9 Å². The van der Waals surface area contributed by atoms with E-state index in [0.29, 0.717) is 4.47 Å². The van der Waals surface area contributed by atoms with Crippen LogP contribution in [0.5, 0.6) is 5.75 Å². The summed E-state index contributed by atoms with van der Waals surface area (Å²) in [4.78, 5) is 11.3. The minimum absolute atomic E-state index is 0.320. The summed E-state index contributed by atoms with van der Waals surface area (Å²) in [5, 5.41) is 0. The molecule has 0 fully saturated rings. The van der Waals surface area contributed by atoms with Crippen LogP contribution in [0.4, 0.5) is 8.78 Å². The van der Waals surface area contributed by atoms with E-state index in [1.165, 1.54) is 6.07 Å². The molecule has 100 valence electrons. The van der Waals surface area contributed by atoms with Crippen molar-refractivity contribution in [2.45, 2.75) is 26.4 Å². The van der Waals surface area contributed by atoms with Gasteiger partial charge in [0.15, 0.2) is 18.2 Å². The third-order valence-electron chi connectivity index (χ3n) is 1.73. The Kier molecular flexibility index (Phi) is 4.67. The molecule has 1 aromatic carbocycles. The van der Waals surface area contributed by atoms with Gasteiger partial charge in [-0.15, -0.1) is 0 Å². The lowest BCUT2D eigenvalue weighted by atomic mass is 10.2. The Morgan fingerprint density at radius 3 is 2.50 bits per heavy atom. The van der Waals surface area contributed by atoms with Crippen molar-refractivity contribution in [3.8, 4) is 5.75 Å². The highest BCUT2D eigenvalue weighted by Gasteiger charge is 2.18. The van der Waals surface area contributed by atoms with E-state index in [2.05, 4.69) is 15.9 Å². The minimum atomic E-state index is -1.14. The zero-order valence-electron chi connectivity index (χ0n) is 10.2. The quantitative estimate of drug-likeness (QED) is 0.631. The van der Waals surface area contributed by atoms with Crippen LogP contribution in [0, 0.1) is 11.6 Å². The summed E-state index contributed by atoms with van der Waals surface area (Å²) < 4.78 is 36.5. The van der Waals surface area contributed by atoms with E-state index >= 15 is 0 Å². The first-order chi connectivity index (χ1) is 8.19. The molecule has 0 atom stereocenters. The first kappa shape index (κ1) is 14.9. The van der Waals surface area contributed by atoms with Gasteiger partial charge in [0.05, 0.1) is 0 Å². The monoisotopic (exact) mass is 322 g/mol. The number of carbonyl (C=O) groups excluding carboxylic acids is 1. The normalized spacial score (nSPS) is 11.2. The highest BCUT2D eigenvalue weighted by atomic mass is 79.9. The Morgan fingerprint density at radius 1 is 1.33 bits per heavy atom. The minimum Gasteiger partial charge on any atom is -0.479 e. The molecule has 1 rings (SSSR count). The van der Waals surface area contributed by atoms with Crippen LogP contribution in [0.2, 0.25) is 0 Å².